The molecule has 1 heterocycles. The zero-order valence-electron chi connectivity index (χ0n) is 7.53. The molecule has 2 rings (SSSR count). The first-order valence-electron chi connectivity index (χ1n) is 4.53. The normalized spacial score (nSPS) is 43.2. The average Bonchev–Trinajstić information content (AvgIpc) is 2.54. The number of cyclic esters (lactones) is 2. The van der Waals surface area contributed by atoms with Crippen LogP contribution in [0.1, 0.15) is 13.3 Å². The Hall–Kier alpha value is -1.12. The summed E-state index contributed by atoms with van der Waals surface area (Å²) in [5, 5.41) is 0. The summed E-state index contributed by atoms with van der Waals surface area (Å²) >= 11 is 0. The topological polar surface area (TPSA) is 43.4 Å². The van der Waals surface area contributed by atoms with Gasteiger partial charge in [-0.25, -0.2) is 0 Å². The van der Waals surface area contributed by atoms with E-state index in [1.807, 2.05) is 6.92 Å². The van der Waals surface area contributed by atoms with Crippen molar-refractivity contribution in [3.63, 3.8) is 0 Å². The second-order valence-electron chi connectivity index (χ2n) is 3.90. The van der Waals surface area contributed by atoms with Crippen LogP contribution in [-0.4, -0.2) is 11.9 Å². The van der Waals surface area contributed by atoms with Crippen molar-refractivity contribution in [2.24, 2.45) is 23.7 Å². The van der Waals surface area contributed by atoms with Gasteiger partial charge in [-0.05, 0) is 18.3 Å². The molecular weight excluding hydrogens is 168 g/mol. The van der Waals surface area contributed by atoms with Gasteiger partial charge in [-0.15, -0.1) is 6.58 Å². The summed E-state index contributed by atoms with van der Waals surface area (Å²) in [6.45, 7) is 5.67. The Morgan fingerprint density at radius 3 is 2.62 bits per heavy atom. The highest BCUT2D eigenvalue weighted by molar-refractivity contribution is 5.97. The molecule has 0 spiro atoms. The van der Waals surface area contributed by atoms with Crippen LogP contribution in [0.3, 0.4) is 0 Å². The Bertz CT molecular complexity index is 282. The fourth-order valence-electron chi connectivity index (χ4n) is 2.52. The van der Waals surface area contributed by atoms with Crippen molar-refractivity contribution in [3.8, 4) is 0 Å². The van der Waals surface area contributed by atoms with Crippen LogP contribution < -0.4 is 0 Å². The molecule has 2 aliphatic rings. The number of esters is 2. The van der Waals surface area contributed by atoms with Crippen molar-refractivity contribution in [1.82, 2.24) is 0 Å². The largest absolute Gasteiger partial charge is 0.393 e. The van der Waals surface area contributed by atoms with E-state index in [0.717, 1.165) is 6.42 Å². The van der Waals surface area contributed by atoms with E-state index in [9.17, 15) is 9.59 Å². The van der Waals surface area contributed by atoms with Crippen molar-refractivity contribution in [2.45, 2.75) is 13.3 Å². The van der Waals surface area contributed by atoms with E-state index in [0.29, 0.717) is 0 Å². The van der Waals surface area contributed by atoms with Gasteiger partial charge in [0.15, 0.2) is 0 Å². The van der Waals surface area contributed by atoms with E-state index < -0.39 is 0 Å². The molecule has 0 aromatic rings. The molecule has 0 amide bonds. The minimum absolute atomic E-state index is 0.124. The zero-order valence-corrected chi connectivity index (χ0v) is 7.53. The highest BCUT2D eigenvalue weighted by Gasteiger charge is 2.54. The Morgan fingerprint density at radius 2 is 2.00 bits per heavy atom. The summed E-state index contributed by atoms with van der Waals surface area (Å²) in [5.74, 6) is -0.794. The fourth-order valence-corrected chi connectivity index (χ4v) is 2.52. The lowest BCUT2D eigenvalue weighted by Crippen LogP contribution is -2.18. The summed E-state index contributed by atoms with van der Waals surface area (Å²) in [6, 6.07) is 0. The minimum atomic E-state index is -0.357. The van der Waals surface area contributed by atoms with Gasteiger partial charge in [0, 0.05) is 0 Å². The van der Waals surface area contributed by atoms with Crippen LogP contribution in [-0.2, 0) is 14.3 Å². The SMILES string of the molecule is C=CC1CC(C)[C@@H]2C(=O)OC(=O)[C@H]12. The van der Waals surface area contributed by atoms with Gasteiger partial charge in [-0.3, -0.25) is 9.59 Å². The number of ether oxygens (including phenoxy) is 1. The van der Waals surface area contributed by atoms with Crippen LogP contribution in [0, 0.1) is 23.7 Å². The smallest absolute Gasteiger partial charge is 0.318 e. The van der Waals surface area contributed by atoms with Crippen LogP contribution in [0.2, 0.25) is 0 Å². The van der Waals surface area contributed by atoms with Gasteiger partial charge in [0.1, 0.15) is 0 Å². The lowest BCUT2D eigenvalue weighted by molar-refractivity contribution is -0.154. The number of hydrogen-bond acceptors (Lipinski definition) is 3. The van der Waals surface area contributed by atoms with Gasteiger partial charge in [0.05, 0.1) is 11.8 Å². The van der Waals surface area contributed by atoms with Gasteiger partial charge in [-0.1, -0.05) is 13.0 Å². The second-order valence-corrected chi connectivity index (χ2v) is 3.90. The molecule has 2 fully saturated rings. The third-order valence-electron chi connectivity index (χ3n) is 3.15. The van der Waals surface area contributed by atoms with Gasteiger partial charge >= 0.3 is 11.9 Å². The third-order valence-corrected chi connectivity index (χ3v) is 3.15. The lowest BCUT2D eigenvalue weighted by Gasteiger charge is -2.07. The van der Waals surface area contributed by atoms with E-state index in [-0.39, 0.29) is 35.6 Å². The predicted octanol–water partition coefficient (Wildman–Crippen LogP) is 1.14. The van der Waals surface area contributed by atoms with Crippen molar-refractivity contribution < 1.29 is 14.3 Å². The summed E-state index contributed by atoms with van der Waals surface area (Å²) in [5.41, 5.74) is 0. The summed E-state index contributed by atoms with van der Waals surface area (Å²) in [4.78, 5) is 22.6. The van der Waals surface area contributed by atoms with E-state index in [1.165, 1.54) is 0 Å². The number of carbonyl (C=O) groups is 2. The first-order chi connectivity index (χ1) is 6.15. The molecule has 70 valence electrons. The Morgan fingerprint density at radius 1 is 1.38 bits per heavy atom. The first-order valence-corrected chi connectivity index (χ1v) is 4.53. The Labute approximate surface area is 76.8 Å². The fraction of sp³-hybridized carbons (Fsp3) is 0.600. The molecule has 1 saturated heterocycles. The molecule has 0 radical (unpaired) electrons. The number of rotatable bonds is 1. The minimum Gasteiger partial charge on any atom is -0.393 e. The molecule has 1 aliphatic heterocycles. The van der Waals surface area contributed by atoms with Crippen molar-refractivity contribution in [3.05, 3.63) is 12.7 Å². The molecule has 3 heteroatoms. The molecule has 13 heavy (non-hydrogen) atoms. The third kappa shape index (κ3) is 1.03. The highest BCUT2D eigenvalue weighted by Crippen LogP contribution is 2.46. The van der Waals surface area contributed by atoms with Crippen LogP contribution in [0.25, 0.3) is 0 Å². The van der Waals surface area contributed by atoms with Gasteiger partial charge in [-0.2, -0.15) is 0 Å². The molecule has 0 N–H and O–H groups in total. The standard InChI is InChI=1S/C10H12O3/c1-3-6-4-5(2)7-8(6)10(12)13-9(7)11/h3,5-8H,1,4H2,2H3/t5?,6?,7-,8+/m0/s1. The molecule has 1 aliphatic carbocycles. The van der Waals surface area contributed by atoms with E-state index in [1.54, 1.807) is 6.08 Å². The van der Waals surface area contributed by atoms with E-state index in [4.69, 9.17) is 0 Å². The molecule has 2 unspecified atom stereocenters. The Kier molecular flexibility index (Phi) is 1.75. The van der Waals surface area contributed by atoms with Gasteiger partial charge < -0.3 is 4.74 Å². The predicted molar refractivity (Wildman–Crippen MR) is 45.5 cm³/mol. The highest BCUT2D eigenvalue weighted by atomic mass is 16.6. The van der Waals surface area contributed by atoms with Crippen LogP contribution >= 0.6 is 0 Å². The van der Waals surface area contributed by atoms with Crippen molar-refractivity contribution in [2.75, 3.05) is 0 Å². The maximum Gasteiger partial charge on any atom is 0.318 e. The molecule has 3 nitrogen and oxygen atoms in total. The maximum absolute atomic E-state index is 11.3. The number of carbonyl (C=O) groups excluding carboxylic acids is 2. The van der Waals surface area contributed by atoms with E-state index in [2.05, 4.69) is 11.3 Å². The quantitative estimate of drug-likeness (QED) is 0.345. The van der Waals surface area contributed by atoms with Crippen molar-refractivity contribution in [1.29, 1.82) is 0 Å². The van der Waals surface area contributed by atoms with Crippen molar-refractivity contribution >= 4 is 11.9 Å². The molecule has 0 aromatic heterocycles. The number of allylic oxidation sites excluding steroid dienone is 1. The van der Waals surface area contributed by atoms with Crippen LogP contribution in [0.4, 0.5) is 0 Å². The summed E-state index contributed by atoms with van der Waals surface area (Å²) in [7, 11) is 0. The van der Waals surface area contributed by atoms with Crippen LogP contribution in [0.5, 0.6) is 0 Å². The molecular formula is C10H12O3. The van der Waals surface area contributed by atoms with E-state index >= 15 is 0 Å². The zero-order chi connectivity index (χ0) is 9.59. The Balaban J connectivity index is 2.33. The second kappa shape index (κ2) is 2.69. The average molecular weight is 180 g/mol. The lowest BCUT2D eigenvalue weighted by atomic mass is 9.90. The number of fused-ring (bicyclic) bond motifs is 1. The molecule has 0 bridgehead atoms. The first kappa shape index (κ1) is 8.48. The molecule has 4 atom stereocenters. The summed E-state index contributed by atoms with van der Waals surface area (Å²) in [6.07, 6.45) is 2.64. The number of hydrogen-bond donors (Lipinski definition) is 0. The monoisotopic (exact) mass is 180 g/mol. The molecule has 0 aromatic carbocycles. The van der Waals surface area contributed by atoms with Crippen LogP contribution in [0.15, 0.2) is 12.7 Å². The van der Waals surface area contributed by atoms with Gasteiger partial charge in [0.2, 0.25) is 0 Å². The molecule has 1 saturated carbocycles. The maximum atomic E-state index is 11.3. The van der Waals surface area contributed by atoms with Gasteiger partial charge in [0.25, 0.3) is 0 Å². The summed E-state index contributed by atoms with van der Waals surface area (Å²) < 4.78 is 4.61.